The van der Waals surface area contributed by atoms with Gasteiger partial charge in [-0.25, -0.2) is 0 Å². The van der Waals surface area contributed by atoms with Gasteiger partial charge in [-0.3, -0.25) is 0 Å². The first-order valence-electron chi connectivity index (χ1n) is 7.71. The quantitative estimate of drug-likeness (QED) is 0.879. The molecule has 2 aliphatic rings. The summed E-state index contributed by atoms with van der Waals surface area (Å²) in [5.74, 6) is 1.83. The minimum Gasteiger partial charge on any atom is -0.496 e. The lowest BCUT2D eigenvalue weighted by Crippen LogP contribution is -2.27. The fourth-order valence-electron chi connectivity index (χ4n) is 3.89. The second-order valence-corrected chi connectivity index (χ2v) is 5.99. The van der Waals surface area contributed by atoms with E-state index in [9.17, 15) is 0 Å². The van der Waals surface area contributed by atoms with Gasteiger partial charge in [-0.05, 0) is 87.2 Å². The minimum absolute atomic E-state index is 0.684. The number of piperidine rings is 1. The van der Waals surface area contributed by atoms with Gasteiger partial charge in [0.2, 0.25) is 0 Å². The second-order valence-electron chi connectivity index (χ2n) is 5.99. The molecule has 1 aromatic rings. The smallest absolute Gasteiger partial charge is 0.122 e. The third kappa shape index (κ3) is 2.38. The average Bonchev–Trinajstić information content (AvgIpc) is 2.48. The number of methoxy groups -OCH3 is 1. The van der Waals surface area contributed by atoms with Gasteiger partial charge in [-0.15, -0.1) is 0 Å². The van der Waals surface area contributed by atoms with Crippen molar-refractivity contribution < 1.29 is 4.74 Å². The van der Waals surface area contributed by atoms with E-state index >= 15 is 0 Å². The highest BCUT2D eigenvalue weighted by molar-refractivity contribution is 5.52. The second kappa shape index (κ2) is 5.54. The lowest BCUT2D eigenvalue weighted by Gasteiger charge is -2.29. The summed E-state index contributed by atoms with van der Waals surface area (Å²) in [7, 11) is 1.83. The van der Waals surface area contributed by atoms with Crippen LogP contribution in [0.3, 0.4) is 0 Å². The Labute approximate surface area is 116 Å². The first kappa shape index (κ1) is 13.0. The molecule has 0 amide bonds. The molecule has 2 nitrogen and oxygen atoms in total. The van der Waals surface area contributed by atoms with Gasteiger partial charge in [0, 0.05) is 5.56 Å². The van der Waals surface area contributed by atoms with Gasteiger partial charge in [0.25, 0.3) is 0 Å². The molecule has 1 aliphatic heterocycles. The van der Waals surface area contributed by atoms with Gasteiger partial charge >= 0.3 is 0 Å². The molecular weight excluding hydrogens is 234 g/mol. The van der Waals surface area contributed by atoms with Crippen LogP contribution in [0.4, 0.5) is 0 Å². The van der Waals surface area contributed by atoms with E-state index in [0.29, 0.717) is 5.92 Å². The summed E-state index contributed by atoms with van der Waals surface area (Å²) in [5.41, 5.74) is 6.20. The molecule has 1 N–H and O–H groups in total. The molecule has 0 aromatic heterocycles. The van der Waals surface area contributed by atoms with Crippen molar-refractivity contribution in [3.63, 3.8) is 0 Å². The van der Waals surface area contributed by atoms with Crippen LogP contribution in [0.15, 0.2) is 6.07 Å². The Balaban J connectivity index is 2.05. The third-order valence-electron chi connectivity index (χ3n) is 4.91. The fourth-order valence-corrected chi connectivity index (χ4v) is 3.89. The van der Waals surface area contributed by atoms with Gasteiger partial charge in [0.15, 0.2) is 0 Å². The van der Waals surface area contributed by atoms with Gasteiger partial charge in [0.05, 0.1) is 7.11 Å². The molecule has 1 aromatic carbocycles. The Kier molecular flexibility index (Phi) is 3.79. The van der Waals surface area contributed by atoms with Crippen molar-refractivity contribution in [2.24, 2.45) is 0 Å². The molecular formula is C17H25NO. The fraction of sp³-hybridized carbons (Fsp3) is 0.647. The molecule has 1 heterocycles. The van der Waals surface area contributed by atoms with E-state index in [4.69, 9.17) is 4.74 Å². The minimum atomic E-state index is 0.684. The summed E-state index contributed by atoms with van der Waals surface area (Å²) in [4.78, 5) is 0. The highest BCUT2D eigenvalue weighted by atomic mass is 16.5. The Morgan fingerprint density at radius 1 is 1.16 bits per heavy atom. The van der Waals surface area contributed by atoms with Crippen molar-refractivity contribution in [3.8, 4) is 5.75 Å². The number of rotatable bonds is 2. The van der Waals surface area contributed by atoms with Crippen LogP contribution in [0, 0.1) is 6.92 Å². The van der Waals surface area contributed by atoms with Crippen LogP contribution in [0.25, 0.3) is 0 Å². The molecule has 1 aliphatic carbocycles. The lowest BCUT2D eigenvalue weighted by atomic mass is 9.80. The Bertz CT molecular complexity index is 461. The van der Waals surface area contributed by atoms with Gasteiger partial charge < -0.3 is 10.1 Å². The predicted molar refractivity (Wildman–Crippen MR) is 79.2 cm³/mol. The monoisotopic (exact) mass is 259 g/mol. The van der Waals surface area contributed by atoms with Crippen molar-refractivity contribution in [1.82, 2.24) is 5.32 Å². The van der Waals surface area contributed by atoms with E-state index in [1.165, 1.54) is 49.7 Å². The van der Waals surface area contributed by atoms with Gasteiger partial charge in [-0.2, -0.15) is 0 Å². The number of ether oxygens (including phenoxy) is 1. The maximum Gasteiger partial charge on any atom is 0.122 e. The van der Waals surface area contributed by atoms with Gasteiger partial charge in [0.1, 0.15) is 5.75 Å². The average molecular weight is 259 g/mol. The van der Waals surface area contributed by atoms with Crippen molar-refractivity contribution in [2.75, 3.05) is 20.2 Å². The van der Waals surface area contributed by atoms with Crippen molar-refractivity contribution in [1.29, 1.82) is 0 Å². The van der Waals surface area contributed by atoms with E-state index in [0.717, 1.165) is 18.8 Å². The molecule has 0 radical (unpaired) electrons. The number of benzene rings is 1. The van der Waals surface area contributed by atoms with Crippen LogP contribution in [0.2, 0.25) is 0 Å². The summed E-state index contributed by atoms with van der Waals surface area (Å²) in [5, 5.41) is 3.46. The number of nitrogens with one attached hydrogen (secondary N) is 1. The van der Waals surface area contributed by atoms with E-state index in [2.05, 4.69) is 18.3 Å². The maximum absolute atomic E-state index is 5.73. The van der Waals surface area contributed by atoms with Crippen LogP contribution in [0.5, 0.6) is 5.75 Å². The molecule has 19 heavy (non-hydrogen) atoms. The maximum atomic E-state index is 5.73. The van der Waals surface area contributed by atoms with E-state index in [1.54, 1.807) is 11.1 Å². The van der Waals surface area contributed by atoms with Crippen LogP contribution >= 0.6 is 0 Å². The molecule has 0 spiro atoms. The normalized spacial score (nSPS) is 20.1. The summed E-state index contributed by atoms with van der Waals surface area (Å²) < 4.78 is 5.73. The molecule has 2 heteroatoms. The van der Waals surface area contributed by atoms with Crippen LogP contribution < -0.4 is 10.1 Å². The summed E-state index contributed by atoms with van der Waals surface area (Å²) in [6.07, 6.45) is 7.68. The number of hydrogen-bond acceptors (Lipinski definition) is 2. The Morgan fingerprint density at radius 3 is 2.63 bits per heavy atom. The number of aryl methyl sites for hydroxylation is 1. The van der Waals surface area contributed by atoms with Crippen LogP contribution in [-0.4, -0.2) is 20.2 Å². The Morgan fingerprint density at radius 2 is 1.89 bits per heavy atom. The highest BCUT2D eigenvalue weighted by Crippen LogP contribution is 2.40. The molecule has 0 unspecified atom stereocenters. The molecule has 0 bridgehead atoms. The predicted octanol–water partition coefficient (Wildman–Crippen LogP) is 3.35. The molecule has 3 rings (SSSR count). The molecule has 104 valence electrons. The van der Waals surface area contributed by atoms with Crippen molar-refractivity contribution in [3.05, 3.63) is 28.3 Å². The molecule has 1 saturated heterocycles. The molecule has 0 atom stereocenters. The van der Waals surface area contributed by atoms with E-state index in [-0.39, 0.29) is 0 Å². The first-order chi connectivity index (χ1) is 9.31. The third-order valence-corrected chi connectivity index (χ3v) is 4.91. The topological polar surface area (TPSA) is 21.3 Å². The molecule has 0 saturated carbocycles. The van der Waals surface area contributed by atoms with Crippen molar-refractivity contribution >= 4 is 0 Å². The molecule has 1 fully saturated rings. The lowest BCUT2D eigenvalue weighted by molar-refractivity contribution is 0.389. The standard InChI is InChI=1S/C17H25NO/c1-12-15-6-4-3-5-14(15)11-16(19-2)17(12)13-7-9-18-10-8-13/h11,13,18H,3-10H2,1-2H3. The summed E-state index contributed by atoms with van der Waals surface area (Å²) >= 11 is 0. The zero-order valence-electron chi connectivity index (χ0n) is 12.2. The SMILES string of the molecule is COc1cc2c(c(C)c1C1CCNCC1)CCCC2. The first-order valence-corrected chi connectivity index (χ1v) is 7.71. The zero-order chi connectivity index (χ0) is 13.2. The highest BCUT2D eigenvalue weighted by Gasteiger charge is 2.25. The largest absolute Gasteiger partial charge is 0.496 e. The van der Waals surface area contributed by atoms with E-state index in [1.807, 2.05) is 7.11 Å². The number of fused-ring (bicyclic) bond motifs is 1. The van der Waals surface area contributed by atoms with Crippen LogP contribution in [-0.2, 0) is 12.8 Å². The van der Waals surface area contributed by atoms with E-state index < -0.39 is 0 Å². The van der Waals surface area contributed by atoms with Crippen LogP contribution in [0.1, 0.15) is 53.9 Å². The Hall–Kier alpha value is -1.02. The number of hydrogen-bond donors (Lipinski definition) is 1. The van der Waals surface area contributed by atoms with Gasteiger partial charge in [-0.1, -0.05) is 0 Å². The summed E-state index contributed by atoms with van der Waals surface area (Å²) in [6.45, 7) is 4.61. The zero-order valence-corrected chi connectivity index (χ0v) is 12.2. The van der Waals surface area contributed by atoms with Crippen molar-refractivity contribution in [2.45, 2.75) is 51.4 Å². The summed E-state index contributed by atoms with van der Waals surface area (Å²) in [6, 6.07) is 2.33.